The van der Waals surface area contributed by atoms with Crippen molar-refractivity contribution in [1.82, 2.24) is 5.32 Å². The van der Waals surface area contributed by atoms with E-state index in [1.54, 1.807) is 7.11 Å². The van der Waals surface area contributed by atoms with E-state index in [1.165, 1.54) is 5.56 Å². The molecule has 0 heterocycles. The van der Waals surface area contributed by atoms with Gasteiger partial charge in [0.15, 0.2) is 0 Å². The lowest BCUT2D eigenvalue weighted by Crippen LogP contribution is -2.39. The number of aliphatic hydroxyl groups is 1. The van der Waals surface area contributed by atoms with Crippen molar-refractivity contribution in [3.05, 3.63) is 29.3 Å². The van der Waals surface area contributed by atoms with Gasteiger partial charge in [0.25, 0.3) is 0 Å². The fourth-order valence-corrected chi connectivity index (χ4v) is 2.04. The summed E-state index contributed by atoms with van der Waals surface area (Å²) in [6, 6.07) is 6.24. The minimum Gasteiger partial charge on any atom is -0.496 e. The van der Waals surface area contributed by atoms with Crippen molar-refractivity contribution in [3.8, 4) is 5.75 Å². The van der Waals surface area contributed by atoms with Crippen molar-refractivity contribution >= 4 is 0 Å². The van der Waals surface area contributed by atoms with Crippen LogP contribution in [0.15, 0.2) is 18.2 Å². The summed E-state index contributed by atoms with van der Waals surface area (Å²) >= 11 is 0. The van der Waals surface area contributed by atoms with Crippen molar-refractivity contribution in [1.29, 1.82) is 0 Å². The zero-order valence-electron chi connectivity index (χ0n) is 12.4. The van der Waals surface area contributed by atoms with Gasteiger partial charge in [-0.1, -0.05) is 26.0 Å². The number of aliphatic hydroxyl groups excluding tert-OH is 1. The first-order valence-electron chi connectivity index (χ1n) is 6.64. The molecule has 1 atom stereocenters. The number of aryl methyl sites for hydroxylation is 1. The molecular formula is C15H26N2O2. The molecule has 0 fully saturated rings. The lowest BCUT2D eigenvalue weighted by molar-refractivity contribution is 0.177. The number of ether oxygens (including phenoxy) is 1. The Morgan fingerprint density at radius 3 is 2.63 bits per heavy atom. The molecule has 0 aliphatic carbocycles. The van der Waals surface area contributed by atoms with Crippen molar-refractivity contribution in [3.63, 3.8) is 0 Å². The molecule has 4 heteroatoms. The van der Waals surface area contributed by atoms with E-state index in [2.05, 4.69) is 31.3 Å². The van der Waals surface area contributed by atoms with E-state index in [9.17, 15) is 5.11 Å². The molecule has 0 saturated carbocycles. The van der Waals surface area contributed by atoms with Gasteiger partial charge in [-0.15, -0.1) is 0 Å². The highest BCUT2D eigenvalue weighted by atomic mass is 16.5. The molecule has 108 valence electrons. The van der Waals surface area contributed by atoms with Crippen molar-refractivity contribution < 1.29 is 9.84 Å². The van der Waals surface area contributed by atoms with E-state index in [4.69, 9.17) is 10.5 Å². The van der Waals surface area contributed by atoms with Gasteiger partial charge in [-0.3, -0.25) is 0 Å². The minimum atomic E-state index is -0.478. The van der Waals surface area contributed by atoms with Gasteiger partial charge in [0.2, 0.25) is 0 Å². The number of methoxy groups -OCH3 is 1. The molecule has 4 N–H and O–H groups in total. The van der Waals surface area contributed by atoms with Gasteiger partial charge in [-0.05, 0) is 24.1 Å². The number of nitrogens with one attached hydrogen (secondary N) is 1. The zero-order chi connectivity index (χ0) is 14.5. The molecule has 4 nitrogen and oxygen atoms in total. The smallest absolute Gasteiger partial charge is 0.121 e. The molecule has 19 heavy (non-hydrogen) atoms. The van der Waals surface area contributed by atoms with E-state index < -0.39 is 6.10 Å². The lowest BCUT2D eigenvalue weighted by atomic mass is 9.83. The first-order valence-corrected chi connectivity index (χ1v) is 6.64. The molecule has 0 aliphatic rings. The van der Waals surface area contributed by atoms with E-state index in [1.807, 2.05) is 13.0 Å². The molecule has 0 bridgehead atoms. The Bertz CT molecular complexity index is 405. The standard InChI is InChI=1S/C15H26N2O2/c1-11-7-12(5-6-14(11)19-4)15(2,3)10-17-9-13(18)8-16/h5-7,13,17-18H,8-10,16H2,1-4H3. The molecule has 1 aromatic carbocycles. The van der Waals surface area contributed by atoms with Crippen molar-refractivity contribution in [2.45, 2.75) is 32.3 Å². The number of hydrogen-bond donors (Lipinski definition) is 3. The third-order valence-electron chi connectivity index (χ3n) is 3.40. The minimum absolute atomic E-state index is 0.00858. The fraction of sp³-hybridized carbons (Fsp3) is 0.600. The summed E-state index contributed by atoms with van der Waals surface area (Å²) in [6.45, 7) is 8.00. The van der Waals surface area contributed by atoms with Crippen LogP contribution in [0, 0.1) is 6.92 Å². The summed E-state index contributed by atoms with van der Waals surface area (Å²) in [7, 11) is 1.68. The number of hydrogen-bond acceptors (Lipinski definition) is 4. The first kappa shape index (κ1) is 16.0. The summed E-state index contributed by atoms with van der Waals surface area (Å²) in [5.74, 6) is 0.908. The third-order valence-corrected chi connectivity index (χ3v) is 3.40. The highest BCUT2D eigenvalue weighted by Crippen LogP contribution is 2.27. The molecule has 1 rings (SSSR count). The normalized spacial score (nSPS) is 13.4. The fourth-order valence-electron chi connectivity index (χ4n) is 2.04. The van der Waals surface area contributed by atoms with E-state index >= 15 is 0 Å². The van der Waals surface area contributed by atoms with E-state index in [0.717, 1.165) is 17.9 Å². The maximum absolute atomic E-state index is 9.43. The van der Waals surface area contributed by atoms with Crippen LogP contribution in [0.4, 0.5) is 0 Å². The average Bonchev–Trinajstić information content (AvgIpc) is 2.38. The quantitative estimate of drug-likeness (QED) is 0.693. The molecule has 1 aromatic rings. The summed E-state index contributed by atoms with van der Waals surface area (Å²) in [4.78, 5) is 0. The van der Waals surface area contributed by atoms with Crippen LogP contribution in [0.3, 0.4) is 0 Å². The van der Waals surface area contributed by atoms with Crippen LogP contribution in [-0.4, -0.2) is 38.0 Å². The largest absolute Gasteiger partial charge is 0.496 e. The van der Waals surface area contributed by atoms with Gasteiger partial charge in [0.1, 0.15) is 5.75 Å². The Morgan fingerprint density at radius 2 is 2.11 bits per heavy atom. The van der Waals surface area contributed by atoms with Gasteiger partial charge < -0.3 is 20.9 Å². The molecular weight excluding hydrogens is 240 g/mol. The van der Waals surface area contributed by atoms with E-state index in [-0.39, 0.29) is 12.0 Å². The topological polar surface area (TPSA) is 67.5 Å². The summed E-state index contributed by atoms with van der Waals surface area (Å²) < 4.78 is 5.28. The van der Waals surface area contributed by atoms with Gasteiger partial charge in [0, 0.05) is 25.0 Å². The van der Waals surface area contributed by atoms with Crippen LogP contribution >= 0.6 is 0 Å². The Hall–Kier alpha value is -1.10. The monoisotopic (exact) mass is 266 g/mol. The van der Waals surface area contributed by atoms with Crippen LogP contribution in [-0.2, 0) is 5.41 Å². The van der Waals surface area contributed by atoms with Crippen LogP contribution in [0.5, 0.6) is 5.75 Å². The maximum Gasteiger partial charge on any atom is 0.121 e. The average molecular weight is 266 g/mol. The number of benzene rings is 1. The van der Waals surface area contributed by atoms with E-state index in [0.29, 0.717) is 6.54 Å². The van der Waals surface area contributed by atoms with Gasteiger partial charge in [-0.2, -0.15) is 0 Å². The maximum atomic E-state index is 9.43. The number of nitrogens with two attached hydrogens (primary N) is 1. The highest BCUT2D eigenvalue weighted by molar-refractivity contribution is 5.39. The van der Waals surface area contributed by atoms with Crippen LogP contribution in [0.25, 0.3) is 0 Å². The summed E-state index contributed by atoms with van der Waals surface area (Å²) in [5.41, 5.74) is 7.76. The third kappa shape index (κ3) is 4.49. The summed E-state index contributed by atoms with van der Waals surface area (Å²) in [6.07, 6.45) is -0.478. The van der Waals surface area contributed by atoms with Crippen LogP contribution in [0.2, 0.25) is 0 Å². The second-order valence-corrected chi connectivity index (χ2v) is 5.59. The SMILES string of the molecule is COc1ccc(C(C)(C)CNCC(O)CN)cc1C. The Morgan fingerprint density at radius 1 is 1.42 bits per heavy atom. The molecule has 0 aliphatic heterocycles. The first-order chi connectivity index (χ1) is 8.90. The summed E-state index contributed by atoms with van der Waals surface area (Å²) in [5, 5.41) is 12.7. The Kier molecular flexibility index (Phi) is 5.79. The second kappa shape index (κ2) is 6.89. The lowest BCUT2D eigenvalue weighted by Gasteiger charge is -2.27. The highest BCUT2D eigenvalue weighted by Gasteiger charge is 2.21. The van der Waals surface area contributed by atoms with Crippen molar-refractivity contribution in [2.75, 3.05) is 26.7 Å². The second-order valence-electron chi connectivity index (χ2n) is 5.59. The molecule has 0 saturated heterocycles. The zero-order valence-corrected chi connectivity index (χ0v) is 12.4. The van der Waals surface area contributed by atoms with Gasteiger partial charge >= 0.3 is 0 Å². The van der Waals surface area contributed by atoms with Gasteiger partial charge in [0.05, 0.1) is 13.2 Å². The molecule has 0 amide bonds. The molecule has 0 radical (unpaired) electrons. The molecule has 1 unspecified atom stereocenters. The number of rotatable bonds is 7. The van der Waals surface area contributed by atoms with Crippen LogP contribution in [0.1, 0.15) is 25.0 Å². The molecule has 0 spiro atoms. The van der Waals surface area contributed by atoms with Crippen LogP contribution < -0.4 is 15.8 Å². The predicted octanol–water partition coefficient (Wildman–Crippen LogP) is 1.19. The van der Waals surface area contributed by atoms with Gasteiger partial charge in [-0.25, -0.2) is 0 Å². The van der Waals surface area contributed by atoms with Crippen molar-refractivity contribution in [2.24, 2.45) is 5.73 Å². The predicted molar refractivity (Wildman–Crippen MR) is 78.7 cm³/mol. The molecule has 0 aromatic heterocycles. The Balaban J connectivity index is 2.68. The Labute approximate surface area is 116 Å².